The van der Waals surface area contributed by atoms with E-state index in [0.29, 0.717) is 0 Å². The van der Waals surface area contributed by atoms with Gasteiger partial charge in [-0.3, -0.25) is 9.88 Å². The Balaban J connectivity index is 0.000000352. The summed E-state index contributed by atoms with van der Waals surface area (Å²) in [4.78, 5) is 24.9. The lowest BCUT2D eigenvalue weighted by molar-refractivity contribution is -0.159. The van der Waals surface area contributed by atoms with E-state index in [4.69, 9.17) is 19.8 Å². The average Bonchev–Trinajstić information content (AvgIpc) is 2.65. The highest BCUT2D eigenvalue weighted by Crippen LogP contribution is 2.22. The van der Waals surface area contributed by atoms with Crippen molar-refractivity contribution in [1.29, 1.82) is 0 Å². The van der Waals surface area contributed by atoms with Crippen LogP contribution in [0.3, 0.4) is 0 Å². The van der Waals surface area contributed by atoms with E-state index in [0.717, 1.165) is 12.5 Å². The van der Waals surface area contributed by atoms with E-state index in [1.54, 1.807) is 0 Å². The topological polar surface area (TPSA) is 90.7 Å². The second-order valence-electron chi connectivity index (χ2n) is 6.38. The molecule has 0 aliphatic carbocycles. The summed E-state index contributed by atoms with van der Waals surface area (Å²) in [5, 5.41) is 14.8. The zero-order valence-electron chi connectivity index (χ0n) is 14.6. The smallest absolute Gasteiger partial charge is 0.414 e. The highest BCUT2D eigenvalue weighted by atomic mass is 16.4. The molecule has 0 saturated carbocycles. The second-order valence-corrected chi connectivity index (χ2v) is 6.38. The van der Waals surface area contributed by atoms with Gasteiger partial charge < -0.3 is 10.2 Å². The van der Waals surface area contributed by atoms with Crippen LogP contribution in [0.4, 0.5) is 0 Å². The number of hydrogen-bond acceptors (Lipinski definition) is 4. The number of rotatable bonds is 4. The first kappa shape index (κ1) is 19.6. The van der Waals surface area contributed by atoms with Gasteiger partial charge in [-0.15, -0.1) is 0 Å². The van der Waals surface area contributed by atoms with Crippen LogP contribution in [0, 0.1) is 5.92 Å². The summed E-state index contributed by atoms with van der Waals surface area (Å²) in [5.41, 5.74) is 2.81. The third-order valence-electron chi connectivity index (χ3n) is 4.39. The van der Waals surface area contributed by atoms with E-state index in [-0.39, 0.29) is 0 Å². The number of likely N-dealkylation sites (tertiary alicyclic amines) is 1. The maximum Gasteiger partial charge on any atom is 0.414 e. The Bertz CT molecular complexity index is 622. The minimum absolute atomic E-state index is 0.850. The largest absolute Gasteiger partial charge is 0.473 e. The molecule has 2 aromatic rings. The quantitative estimate of drug-likeness (QED) is 0.819. The molecule has 2 N–H and O–H groups in total. The van der Waals surface area contributed by atoms with Crippen LogP contribution in [0.2, 0.25) is 0 Å². The van der Waals surface area contributed by atoms with Crippen LogP contribution in [0.1, 0.15) is 24.0 Å². The van der Waals surface area contributed by atoms with Crippen LogP contribution in [0.15, 0.2) is 54.9 Å². The number of carbonyl (C=O) groups is 2. The summed E-state index contributed by atoms with van der Waals surface area (Å²) < 4.78 is 0. The molecule has 1 aliphatic rings. The number of piperidine rings is 1. The van der Waals surface area contributed by atoms with Crippen molar-refractivity contribution in [2.45, 2.75) is 25.8 Å². The van der Waals surface area contributed by atoms with Crippen LogP contribution in [0.5, 0.6) is 0 Å². The van der Waals surface area contributed by atoms with E-state index in [1.807, 2.05) is 18.5 Å². The van der Waals surface area contributed by atoms with Gasteiger partial charge in [-0.1, -0.05) is 36.4 Å². The Hall–Kier alpha value is -2.73. The third kappa shape index (κ3) is 7.03. The first-order valence-electron chi connectivity index (χ1n) is 8.66. The van der Waals surface area contributed by atoms with Gasteiger partial charge in [0.1, 0.15) is 0 Å². The van der Waals surface area contributed by atoms with Gasteiger partial charge in [0.2, 0.25) is 0 Å². The number of benzene rings is 1. The molecule has 0 bridgehead atoms. The SMILES string of the molecule is O=C(O)C(=O)O.c1ccc(CC2CCN(Cc3cccnc3)CC2)cc1. The number of hydrogen-bond donors (Lipinski definition) is 2. The van der Waals surface area contributed by atoms with Gasteiger partial charge in [0.25, 0.3) is 0 Å². The Morgan fingerprint density at radius 1 is 0.962 bits per heavy atom. The van der Waals surface area contributed by atoms with E-state index >= 15 is 0 Å². The van der Waals surface area contributed by atoms with Crippen molar-refractivity contribution in [3.63, 3.8) is 0 Å². The summed E-state index contributed by atoms with van der Waals surface area (Å²) >= 11 is 0. The Morgan fingerprint density at radius 2 is 1.58 bits per heavy atom. The summed E-state index contributed by atoms with van der Waals surface area (Å²) in [6, 6.07) is 15.1. The molecule has 0 amide bonds. The summed E-state index contributed by atoms with van der Waals surface area (Å²) in [6.45, 7) is 3.48. The predicted molar refractivity (Wildman–Crippen MR) is 97.7 cm³/mol. The standard InChI is InChI=1S/C18H22N2.C2H2O4/c1-2-5-16(6-3-1)13-17-8-11-20(12-9-17)15-18-7-4-10-19-14-18;3-1(4)2(5)6/h1-7,10,14,17H,8-9,11-13,15H2;(H,3,4)(H,5,6). The van der Waals surface area contributed by atoms with Crippen LogP contribution in [-0.4, -0.2) is 45.1 Å². The van der Waals surface area contributed by atoms with Gasteiger partial charge in [-0.05, 0) is 55.5 Å². The molecule has 0 atom stereocenters. The first-order chi connectivity index (χ1) is 12.5. The van der Waals surface area contributed by atoms with E-state index in [2.05, 4.69) is 46.3 Å². The molecule has 138 valence electrons. The Kier molecular flexibility index (Phi) is 7.76. The van der Waals surface area contributed by atoms with Crippen molar-refractivity contribution in [2.75, 3.05) is 13.1 Å². The van der Waals surface area contributed by atoms with E-state index < -0.39 is 11.9 Å². The zero-order chi connectivity index (χ0) is 18.8. The van der Waals surface area contributed by atoms with Crippen molar-refractivity contribution >= 4 is 11.9 Å². The van der Waals surface area contributed by atoms with Crippen molar-refractivity contribution in [2.24, 2.45) is 5.92 Å². The molecule has 6 nitrogen and oxygen atoms in total. The molecule has 2 heterocycles. The number of carboxylic acid groups (broad SMARTS) is 2. The fourth-order valence-electron chi connectivity index (χ4n) is 3.05. The average molecular weight is 356 g/mol. The number of nitrogens with zero attached hydrogens (tertiary/aromatic N) is 2. The monoisotopic (exact) mass is 356 g/mol. The molecule has 1 saturated heterocycles. The molecule has 1 aromatic heterocycles. The van der Waals surface area contributed by atoms with Gasteiger partial charge in [0.15, 0.2) is 0 Å². The molecule has 1 fully saturated rings. The molecule has 0 spiro atoms. The number of aromatic nitrogens is 1. The highest BCUT2D eigenvalue weighted by Gasteiger charge is 2.19. The molecule has 3 rings (SSSR count). The number of carboxylic acids is 2. The molecular formula is C20H24N2O4. The summed E-state index contributed by atoms with van der Waals surface area (Å²) in [5.74, 6) is -2.80. The Labute approximate surface area is 153 Å². The lowest BCUT2D eigenvalue weighted by Crippen LogP contribution is -2.33. The fraction of sp³-hybridized carbons (Fsp3) is 0.350. The van der Waals surface area contributed by atoms with Gasteiger partial charge in [0.05, 0.1) is 0 Å². The van der Waals surface area contributed by atoms with Crippen molar-refractivity contribution in [3.05, 3.63) is 66.0 Å². The maximum atomic E-state index is 9.10. The second kappa shape index (κ2) is 10.3. The highest BCUT2D eigenvalue weighted by molar-refractivity contribution is 6.27. The molecule has 6 heteroatoms. The molecule has 1 aliphatic heterocycles. The Morgan fingerprint density at radius 3 is 2.12 bits per heavy atom. The van der Waals surface area contributed by atoms with Gasteiger partial charge >= 0.3 is 11.9 Å². The molecule has 26 heavy (non-hydrogen) atoms. The third-order valence-corrected chi connectivity index (χ3v) is 4.39. The van der Waals surface area contributed by atoms with Gasteiger partial charge in [0, 0.05) is 18.9 Å². The first-order valence-corrected chi connectivity index (χ1v) is 8.66. The minimum atomic E-state index is -1.82. The van der Waals surface area contributed by atoms with Crippen molar-refractivity contribution in [3.8, 4) is 0 Å². The summed E-state index contributed by atoms with van der Waals surface area (Å²) in [6.07, 6.45) is 7.69. The van der Waals surface area contributed by atoms with Crippen LogP contribution >= 0.6 is 0 Å². The molecule has 0 radical (unpaired) electrons. The number of aliphatic carboxylic acids is 2. The molecule has 1 aromatic carbocycles. The predicted octanol–water partition coefficient (Wildman–Crippen LogP) is 2.69. The van der Waals surface area contributed by atoms with Crippen molar-refractivity contribution in [1.82, 2.24) is 9.88 Å². The fourth-order valence-corrected chi connectivity index (χ4v) is 3.05. The molecular weight excluding hydrogens is 332 g/mol. The van der Waals surface area contributed by atoms with Gasteiger partial charge in [-0.2, -0.15) is 0 Å². The van der Waals surface area contributed by atoms with E-state index in [9.17, 15) is 0 Å². The summed E-state index contributed by atoms with van der Waals surface area (Å²) in [7, 11) is 0. The minimum Gasteiger partial charge on any atom is -0.473 e. The molecule has 0 unspecified atom stereocenters. The maximum absolute atomic E-state index is 9.10. The lowest BCUT2D eigenvalue weighted by Gasteiger charge is -2.32. The van der Waals surface area contributed by atoms with Gasteiger partial charge in [-0.25, -0.2) is 9.59 Å². The van der Waals surface area contributed by atoms with Crippen LogP contribution in [0.25, 0.3) is 0 Å². The van der Waals surface area contributed by atoms with Crippen LogP contribution < -0.4 is 0 Å². The normalized spacial score (nSPS) is 14.9. The van der Waals surface area contributed by atoms with Crippen LogP contribution in [-0.2, 0) is 22.6 Å². The van der Waals surface area contributed by atoms with Crippen molar-refractivity contribution < 1.29 is 19.8 Å². The van der Waals surface area contributed by atoms with E-state index in [1.165, 1.54) is 43.5 Å². The lowest BCUT2D eigenvalue weighted by atomic mass is 9.90. The number of pyridine rings is 1. The zero-order valence-corrected chi connectivity index (χ0v) is 14.6.